The van der Waals surface area contributed by atoms with Crippen LogP contribution in [0.4, 0.5) is 4.79 Å². The molecule has 2 aliphatic rings. The lowest BCUT2D eigenvalue weighted by Gasteiger charge is -2.34. The van der Waals surface area contributed by atoms with Crippen LogP contribution in [0.2, 0.25) is 0 Å². The lowest BCUT2D eigenvalue weighted by atomic mass is 9.89. The fourth-order valence-corrected chi connectivity index (χ4v) is 3.98. The van der Waals surface area contributed by atoms with Crippen molar-refractivity contribution in [1.82, 2.24) is 5.32 Å². The lowest BCUT2D eigenvalue weighted by molar-refractivity contribution is -0.128. The van der Waals surface area contributed by atoms with Crippen molar-refractivity contribution < 1.29 is 19.1 Å². The second-order valence-electron chi connectivity index (χ2n) is 7.01. The Hall–Kier alpha value is -2.86. The summed E-state index contributed by atoms with van der Waals surface area (Å²) in [6.45, 7) is 0.963. The van der Waals surface area contributed by atoms with Gasteiger partial charge in [0.05, 0.1) is 0 Å². The van der Waals surface area contributed by atoms with E-state index < -0.39 is 17.5 Å². The van der Waals surface area contributed by atoms with Crippen molar-refractivity contribution >= 4 is 12.0 Å². The van der Waals surface area contributed by atoms with E-state index in [1.165, 1.54) is 11.1 Å². The molecule has 0 unspecified atom stereocenters. The molecule has 6 heteroatoms. The largest absolute Gasteiger partial charge is 0.449 e. The summed E-state index contributed by atoms with van der Waals surface area (Å²) >= 11 is 0. The van der Waals surface area contributed by atoms with Gasteiger partial charge in [-0.2, -0.15) is 0 Å². The summed E-state index contributed by atoms with van der Waals surface area (Å²) in [6.07, 6.45) is 0.0801. The van der Waals surface area contributed by atoms with Crippen LogP contribution in [0.3, 0.4) is 0 Å². The fraction of sp³-hybridized carbons (Fsp3) is 0.333. The molecule has 0 saturated carbocycles. The predicted molar refractivity (Wildman–Crippen MR) is 100 cm³/mol. The van der Waals surface area contributed by atoms with E-state index >= 15 is 0 Å². The zero-order valence-electron chi connectivity index (χ0n) is 14.9. The van der Waals surface area contributed by atoms with Crippen molar-refractivity contribution in [3.8, 4) is 11.1 Å². The highest BCUT2D eigenvalue weighted by Crippen LogP contribution is 2.44. The summed E-state index contributed by atoms with van der Waals surface area (Å²) in [7, 11) is 0. The van der Waals surface area contributed by atoms with Crippen molar-refractivity contribution in [1.29, 1.82) is 0 Å². The average molecular weight is 366 g/mol. The Morgan fingerprint density at radius 2 is 1.59 bits per heavy atom. The number of nitrogens with two attached hydrogens (primary N) is 1. The molecule has 1 aliphatic heterocycles. The van der Waals surface area contributed by atoms with Gasteiger partial charge in [-0.15, -0.1) is 0 Å². The van der Waals surface area contributed by atoms with Gasteiger partial charge in [-0.1, -0.05) is 48.5 Å². The standard InChI is InChI=1S/C21H22N2O4/c22-19(24)21(9-11-26-12-10-21)23-20(25)27-13-18-16-7-3-1-5-14(16)15-6-2-4-8-17(15)18/h1-8,18H,9-13H2,(H2,22,24)(H,23,25). The lowest BCUT2D eigenvalue weighted by Crippen LogP contribution is -2.60. The van der Waals surface area contributed by atoms with Gasteiger partial charge in [0, 0.05) is 32.0 Å². The Morgan fingerprint density at radius 1 is 1.04 bits per heavy atom. The van der Waals surface area contributed by atoms with Crippen LogP contribution in [0.5, 0.6) is 0 Å². The number of primary amides is 1. The van der Waals surface area contributed by atoms with Gasteiger partial charge in [-0.25, -0.2) is 4.79 Å². The number of rotatable bonds is 4. The first-order valence-corrected chi connectivity index (χ1v) is 9.11. The minimum absolute atomic E-state index is 0.0256. The van der Waals surface area contributed by atoms with Crippen molar-refractivity contribution in [3.63, 3.8) is 0 Å². The molecule has 0 bridgehead atoms. The fourth-order valence-electron chi connectivity index (χ4n) is 3.98. The molecule has 0 spiro atoms. The molecule has 3 N–H and O–H groups in total. The third kappa shape index (κ3) is 3.17. The van der Waals surface area contributed by atoms with E-state index in [4.69, 9.17) is 15.2 Å². The molecule has 6 nitrogen and oxygen atoms in total. The topological polar surface area (TPSA) is 90.7 Å². The summed E-state index contributed by atoms with van der Waals surface area (Å²) in [4.78, 5) is 24.3. The van der Waals surface area contributed by atoms with Gasteiger partial charge in [0.15, 0.2) is 0 Å². The molecule has 1 heterocycles. The third-order valence-corrected chi connectivity index (χ3v) is 5.50. The zero-order valence-corrected chi connectivity index (χ0v) is 14.9. The van der Waals surface area contributed by atoms with Gasteiger partial charge >= 0.3 is 6.09 Å². The van der Waals surface area contributed by atoms with Gasteiger partial charge in [0.2, 0.25) is 5.91 Å². The minimum Gasteiger partial charge on any atom is -0.449 e. The normalized spacial score (nSPS) is 17.6. The Bertz CT molecular complexity index is 828. The summed E-state index contributed by atoms with van der Waals surface area (Å²) < 4.78 is 10.8. The maximum Gasteiger partial charge on any atom is 0.408 e. The molecule has 4 rings (SSSR count). The van der Waals surface area contributed by atoms with E-state index in [0.29, 0.717) is 26.1 Å². The first-order chi connectivity index (χ1) is 13.1. The Labute approximate surface area is 157 Å². The van der Waals surface area contributed by atoms with Crippen molar-refractivity contribution in [3.05, 3.63) is 59.7 Å². The molecule has 140 valence electrons. The molecule has 27 heavy (non-hydrogen) atoms. The van der Waals surface area contributed by atoms with Gasteiger partial charge in [-0.3, -0.25) is 4.79 Å². The Morgan fingerprint density at radius 3 is 2.15 bits per heavy atom. The molecule has 1 saturated heterocycles. The molecule has 0 atom stereocenters. The third-order valence-electron chi connectivity index (χ3n) is 5.50. The molecular weight excluding hydrogens is 344 g/mol. The number of ether oxygens (including phenoxy) is 2. The zero-order chi connectivity index (χ0) is 18.9. The van der Waals surface area contributed by atoms with E-state index in [1.807, 2.05) is 24.3 Å². The highest BCUT2D eigenvalue weighted by Gasteiger charge is 2.40. The van der Waals surface area contributed by atoms with Crippen molar-refractivity contribution in [2.24, 2.45) is 5.73 Å². The smallest absolute Gasteiger partial charge is 0.408 e. The quantitative estimate of drug-likeness (QED) is 0.870. The van der Waals surface area contributed by atoms with Crippen LogP contribution in [-0.4, -0.2) is 37.4 Å². The summed E-state index contributed by atoms with van der Waals surface area (Å²) in [5.41, 5.74) is 9.05. The van der Waals surface area contributed by atoms with E-state index in [2.05, 4.69) is 29.6 Å². The Balaban J connectivity index is 1.49. The van der Waals surface area contributed by atoms with E-state index in [-0.39, 0.29) is 12.5 Å². The highest BCUT2D eigenvalue weighted by molar-refractivity contribution is 5.89. The first kappa shape index (κ1) is 17.5. The highest BCUT2D eigenvalue weighted by atomic mass is 16.5. The number of carbonyl (C=O) groups excluding carboxylic acids is 2. The maximum absolute atomic E-state index is 12.4. The molecule has 2 amide bonds. The van der Waals surface area contributed by atoms with Gasteiger partial charge in [0.1, 0.15) is 12.1 Å². The average Bonchev–Trinajstić information content (AvgIpc) is 3.01. The molecule has 2 aromatic carbocycles. The van der Waals surface area contributed by atoms with Crippen LogP contribution in [-0.2, 0) is 14.3 Å². The molecule has 0 aromatic heterocycles. The van der Waals surface area contributed by atoms with Crippen LogP contribution in [0.1, 0.15) is 29.9 Å². The van der Waals surface area contributed by atoms with Crippen LogP contribution in [0.15, 0.2) is 48.5 Å². The van der Waals surface area contributed by atoms with Crippen molar-refractivity contribution in [2.75, 3.05) is 19.8 Å². The summed E-state index contributed by atoms with van der Waals surface area (Å²) in [5, 5.41) is 2.69. The number of amides is 2. The molecule has 1 fully saturated rings. The number of hydrogen-bond acceptors (Lipinski definition) is 4. The number of fused-ring (bicyclic) bond motifs is 3. The second-order valence-corrected chi connectivity index (χ2v) is 7.01. The first-order valence-electron chi connectivity index (χ1n) is 9.11. The molecule has 0 radical (unpaired) electrons. The number of benzene rings is 2. The number of hydrogen-bond donors (Lipinski definition) is 2. The van der Waals surface area contributed by atoms with Crippen LogP contribution < -0.4 is 11.1 Å². The van der Waals surface area contributed by atoms with Gasteiger partial charge in [-0.05, 0) is 22.3 Å². The van der Waals surface area contributed by atoms with E-state index in [1.54, 1.807) is 0 Å². The molecule has 2 aromatic rings. The number of alkyl carbamates (subject to hydrolysis) is 1. The Kier molecular flexibility index (Phi) is 4.58. The van der Waals surface area contributed by atoms with Gasteiger partial charge < -0.3 is 20.5 Å². The monoisotopic (exact) mass is 366 g/mol. The summed E-state index contributed by atoms with van der Waals surface area (Å²) in [5.74, 6) is -0.582. The van der Waals surface area contributed by atoms with Crippen molar-refractivity contribution in [2.45, 2.75) is 24.3 Å². The van der Waals surface area contributed by atoms with E-state index in [0.717, 1.165) is 11.1 Å². The number of carbonyl (C=O) groups is 2. The minimum atomic E-state index is -1.10. The summed E-state index contributed by atoms with van der Waals surface area (Å²) in [6, 6.07) is 16.3. The molecular formula is C21H22N2O4. The second kappa shape index (κ2) is 7.04. The van der Waals surface area contributed by atoms with Crippen LogP contribution >= 0.6 is 0 Å². The maximum atomic E-state index is 12.4. The van der Waals surface area contributed by atoms with Gasteiger partial charge in [0.25, 0.3) is 0 Å². The molecule has 1 aliphatic carbocycles. The SMILES string of the molecule is NC(=O)C1(NC(=O)OCC2c3ccccc3-c3ccccc32)CCOCC1. The van der Waals surface area contributed by atoms with Crippen LogP contribution in [0, 0.1) is 0 Å². The predicted octanol–water partition coefficient (Wildman–Crippen LogP) is 2.56. The van der Waals surface area contributed by atoms with Crippen LogP contribution in [0.25, 0.3) is 11.1 Å². The van der Waals surface area contributed by atoms with E-state index in [9.17, 15) is 9.59 Å². The number of nitrogens with one attached hydrogen (secondary N) is 1.